The Morgan fingerprint density at radius 2 is 0.929 bits per heavy atom. The number of benzene rings is 2. The minimum absolute atomic E-state index is 0.0318. The van der Waals surface area contributed by atoms with Crippen molar-refractivity contribution in [2.45, 2.75) is 18.3 Å². The molecule has 6 amide bonds. The van der Waals surface area contributed by atoms with E-state index in [0.29, 0.717) is 0 Å². The lowest BCUT2D eigenvalue weighted by atomic mass is 10.1. The van der Waals surface area contributed by atoms with Gasteiger partial charge in [0.05, 0.1) is 92.6 Å². The molecule has 2 aromatic carbocycles. The second kappa shape index (κ2) is 24.6. The summed E-state index contributed by atoms with van der Waals surface area (Å²) in [6.45, 7) is -3.88. The van der Waals surface area contributed by atoms with Gasteiger partial charge < -0.3 is 66.9 Å². The average Bonchev–Trinajstić information content (AvgIpc) is 3.15. The molecule has 0 radical (unpaired) electrons. The molecule has 0 saturated carbocycles. The van der Waals surface area contributed by atoms with Crippen molar-refractivity contribution in [3.63, 3.8) is 0 Å². The number of nitrogens with one attached hydrogen (secondary N) is 5. The number of hydrogen-bond acceptors (Lipinski definition) is 13. The van der Waals surface area contributed by atoms with Gasteiger partial charge in [0.25, 0.3) is 23.6 Å². The Balaban J connectivity index is 2.62. The van der Waals surface area contributed by atoms with E-state index in [-0.39, 0.29) is 81.3 Å². The van der Waals surface area contributed by atoms with Gasteiger partial charge >= 0.3 is 0 Å². The largest absolute Gasteiger partial charge is 0.394 e. The molecule has 310 valence electrons. The predicted octanol–water partition coefficient (Wildman–Crippen LogP) is -0.459. The summed E-state index contributed by atoms with van der Waals surface area (Å²) < 4.78 is 6.09. The second-order valence-electron chi connectivity index (χ2n) is 11.4. The molecule has 0 aliphatic carbocycles. The Labute approximate surface area is 401 Å². The van der Waals surface area contributed by atoms with Crippen LogP contribution in [0.2, 0.25) is 0 Å². The number of ether oxygens (including phenoxy) is 1. The molecule has 2 aromatic rings. The molecule has 19 nitrogen and oxygen atoms in total. The molecule has 0 aliphatic heterocycles. The summed E-state index contributed by atoms with van der Waals surface area (Å²) in [5, 5.41) is 69.7. The Kier molecular flexibility index (Phi) is 22.6. The van der Waals surface area contributed by atoms with Gasteiger partial charge in [-0.1, -0.05) is 0 Å². The minimum Gasteiger partial charge on any atom is -0.394 e. The monoisotopic (exact) mass is 1460 g/mol. The van der Waals surface area contributed by atoms with Crippen LogP contribution in [0, 0.1) is 21.4 Å². The van der Waals surface area contributed by atoms with Crippen molar-refractivity contribution in [1.82, 2.24) is 21.3 Å². The van der Waals surface area contributed by atoms with Crippen LogP contribution >= 0.6 is 136 Å². The first-order chi connectivity index (χ1) is 26.3. The van der Waals surface area contributed by atoms with Crippen LogP contribution in [0.25, 0.3) is 0 Å². The van der Waals surface area contributed by atoms with Crippen LogP contribution in [-0.2, 0) is 14.3 Å². The third-order valence-electron chi connectivity index (χ3n) is 7.30. The Morgan fingerprint density at radius 1 is 0.589 bits per heavy atom. The van der Waals surface area contributed by atoms with Crippen LogP contribution in [0.1, 0.15) is 41.4 Å². The molecule has 0 aromatic heterocycles. The van der Waals surface area contributed by atoms with E-state index in [2.05, 4.69) is 26.6 Å². The van der Waals surface area contributed by atoms with E-state index in [1.54, 1.807) is 45.2 Å². The number of methoxy groups -OCH3 is 1. The molecule has 25 heteroatoms. The molecule has 3 unspecified atom stereocenters. The summed E-state index contributed by atoms with van der Waals surface area (Å²) >= 11 is 10.9. The molecule has 0 fully saturated rings. The van der Waals surface area contributed by atoms with E-state index >= 15 is 0 Å². The van der Waals surface area contributed by atoms with Crippen LogP contribution in [-0.4, -0.2) is 151 Å². The lowest BCUT2D eigenvalue weighted by Crippen LogP contribution is -2.41. The highest BCUT2D eigenvalue weighted by molar-refractivity contribution is 14.1. The normalized spacial score (nSPS) is 12.6. The fraction of sp³-hybridized carbons (Fsp3) is 0.419. The van der Waals surface area contributed by atoms with Crippen molar-refractivity contribution in [3.05, 3.63) is 43.7 Å². The molecule has 2 rings (SSSR count). The maximum Gasteiger partial charge on any atom is 0.253 e. The molecule has 11 N–H and O–H groups in total. The first-order valence-corrected chi connectivity index (χ1v) is 22.2. The van der Waals surface area contributed by atoms with Gasteiger partial charge in [0, 0.05) is 40.9 Å². The number of aliphatic hydroxyl groups is 6. The Hall–Kier alpha value is -0.640. The summed E-state index contributed by atoms with van der Waals surface area (Å²) in [7, 11) is 2.65. The Morgan fingerprint density at radius 3 is 1.27 bits per heavy atom. The zero-order valence-corrected chi connectivity index (χ0v) is 42.1. The van der Waals surface area contributed by atoms with Crippen LogP contribution in [0.15, 0.2) is 0 Å². The summed E-state index contributed by atoms with van der Waals surface area (Å²) in [5.41, 5.74) is -0.00645. The van der Waals surface area contributed by atoms with Gasteiger partial charge in [0.1, 0.15) is 6.61 Å². The Bertz CT molecular complexity index is 1790. The summed E-state index contributed by atoms with van der Waals surface area (Å²) in [6, 6.07) is 0. The fourth-order valence-electron chi connectivity index (χ4n) is 4.40. The highest BCUT2D eigenvalue weighted by atomic mass is 127. The van der Waals surface area contributed by atoms with E-state index in [1.807, 2.05) is 90.4 Å². The number of likely N-dealkylation sites (N-methyl/N-ethyl adjacent to an activating group) is 1. The van der Waals surface area contributed by atoms with Crippen molar-refractivity contribution in [1.29, 1.82) is 0 Å². The molecule has 0 spiro atoms. The molecular weight excluding hydrogens is 1430 g/mol. The number of anilines is 2. The minimum atomic E-state index is -1.28. The standard InChI is InChI=1S/C31H36I6N6O13/c1-43(27-24(36)18(30(54)39-4-12(48)8-45)21(33)19(25(27)37)31(55)40-5-13(49)9-46)15(51)6-41-29(53)17-20(32)16(28(52)38-3-11(47)7-44)22(34)26(23(17)35)42-14(50)10-56-2/h11-13,44-49H,3-10H2,1-2H3,(H,38,52)(H,39,54)(H,40,55)(H,41,53)(H,42,50). The van der Waals surface area contributed by atoms with Gasteiger partial charge in [-0.25, -0.2) is 0 Å². The molecule has 0 heterocycles. The van der Waals surface area contributed by atoms with E-state index in [1.165, 1.54) is 14.2 Å². The number of amides is 6. The number of halogens is 6. The number of aliphatic hydroxyl groups excluding tert-OH is 6. The SMILES string of the molecule is COCC(=O)Nc1c(I)c(C(=O)NCC(=O)N(C)c2c(I)c(C(=O)NCC(O)CO)c(I)c(C(=O)NCC(O)CO)c2I)c(I)c(C(=O)NCC(O)CO)c1I. The molecule has 56 heavy (non-hydrogen) atoms. The lowest BCUT2D eigenvalue weighted by molar-refractivity contribution is -0.119. The van der Waals surface area contributed by atoms with Crippen LogP contribution in [0.4, 0.5) is 11.4 Å². The zero-order chi connectivity index (χ0) is 42.6. The maximum absolute atomic E-state index is 13.9. The van der Waals surface area contributed by atoms with Crippen molar-refractivity contribution >= 4 is 182 Å². The third-order valence-corrected chi connectivity index (χ3v) is 13.7. The first-order valence-electron chi connectivity index (χ1n) is 15.7. The maximum atomic E-state index is 13.9. The number of nitrogens with zero attached hydrogens (tertiary/aromatic N) is 1. The van der Waals surface area contributed by atoms with Crippen LogP contribution in [0.3, 0.4) is 0 Å². The summed E-state index contributed by atoms with van der Waals surface area (Å²) in [4.78, 5) is 81.5. The number of carbonyl (C=O) groups excluding carboxylic acids is 6. The van der Waals surface area contributed by atoms with Crippen molar-refractivity contribution in [2.75, 3.05) is 77.0 Å². The van der Waals surface area contributed by atoms with Gasteiger partial charge in [-0.2, -0.15) is 0 Å². The van der Waals surface area contributed by atoms with Crippen molar-refractivity contribution in [2.24, 2.45) is 0 Å². The van der Waals surface area contributed by atoms with Gasteiger partial charge in [0.2, 0.25) is 11.8 Å². The highest BCUT2D eigenvalue weighted by Crippen LogP contribution is 2.38. The van der Waals surface area contributed by atoms with Crippen LogP contribution in [0.5, 0.6) is 0 Å². The predicted molar refractivity (Wildman–Crippen MR) is 252 cm³/mol. The van der Waals surface area contributed by atoms with E-state index in [9.17, 15) is 59.4 Å². The number of carbonyl (C=O) groups is 6. The van der Waals surface area contributed by atoms with Crippen molar-refractivity contribution in [3.8, 4) is 0 Å². The van der Waals surface area contributed by atoms with E-state index in [4.69, 9.17) is 4.74 Å². The smallest absolute Gasteiger partial charge is 0.253 e. The molecule has 0 aliphatic rings. The van der Waals surface area contributed by atoms with Crippen molar-refractivity contribution < 1.29 is 64.1 Å². The molecular formula is C31H36I6N6O13. The average molecular weight is 1460 g/mol. The van der Waals surface area contributed by atoms with Crippen LogP contribution < -0.4 is 31.5 Å². The summed E-state index contributed by atoms with van der Waals surface area (Å²) in [5.74, 6) is -4.35. The van der Waals surface area contributed by atoms with Gasteiger partial charge in [0.15, 0.2) is 0 Å². The fourth-order valence-corrected chi connectivity index (χ4v) is 13.7. The lowest BCUT2D eigenvalue weighted by Gasteiger charge is -2.25. The van der Waals surface area contributed by atoms with Gasteiger partial charge in [-0.15, -0.1) is 0 Å². The van der Waals surface area contributed by atoms with Gasteiger partial charge in [-0.3, -0.25) is 28.8 Å². The molecule has 0 saturated heterocycles. The van der Waals surface area contributed by atoms with Gasteiger partial charge in [-0.05, 0) is 136 Å². The zero-order valence-electron chi connectivity index (χ0n) is 29.1. The quantitative estimate of drug-likeness (QED) is 0.0796. The first kappa shape index (κ1) is 51.5. The van der Waals surface area contributed by atoms with E-state index < -0.39 is 80.1 Å². The molecule has 3 atom stereocenters. The highest BCUT2D eigenvalue weighted by Gasteiger charge is 2.33. The summed E-state index contributed by atoms with van der Waals surface area (Å²) in [6.07, 6.45) is -3.83. The second-order valence-corrected chi connectivity index (χ2v) is 17.8. The number of rotatable bonds is 19. The third kappa shape index (κ3) is 13.4. The molecule has 0 bridgehead atoms. The number of hydrogen-bond donors (Lipinski definition) is 11. The van der Waals surface area contributed by atoms with E-state index in [0.717, 1.165) is 4.90 Å². The topological polar surface area (TPSA) is 296 Å².